The predicted octanol–water partition coefficient (Wildman–Crippen LogP) is 3.82. The van der Waals surface area contributed by atoms with Crippen LogP contribution in [0.2, 0.25) is 0 Å². The molecule has 0 aromatic heterocycles. The van der Waals surface area contributed by atoms with E-state index >= 15 is 0 Å². The minimum atomic E-state index is -0.948. The summed E-state index contributed by atoms with van der Waals surface area (Å²) in [5, 5.41) is 9.02. The smallest absolute Gasteiger partial charge is 0.335 e. The van der Waals surface area contributed by atoms with Crippen LogP contribution in [-0.2, 0) is 0 Å². The van der Waals surface area contributed by atoms with E-state index in [1.165, 1.54) is 6.07 Å². The van der Waals surface area contributed by atoms with Crippen LogP contribution in [0.25, 0.3) is 11.1 Å². The Morgan fingerprint density at radius 3 is 2.39 bits per heavy atom. The number of aromatic carboxylic acids is 1. The Morgan fingerprint density at radius 1 is 1.17 bits per heavy atom. The van der Waals surface area contributed by atoms with E-state index in [2.05, 4.69) is 15.9 Å². The summed E-state index contributed by atoms with van der Waals surface area (Å²) in [4.78, 5) is 11.0. The molecule has 0 fully saturated rings. The lowest BCUT2D eigenvalue weighted by molar-refractivity contribution is 0.0697. The Labute approximate surface area is 113 Å². The molecule has 2 aromatic rings. The molecule has 0 atom stereocenters. The highest BCUT2D eigenvalue weighted by atomic mass is 79.9. The fraction of sp³-hybridized carbons (Fsp3) is 0.0714. The molecule has 1 N–H and O–H groups in total. The lowest BCUT2D eigenvalue weighted by Crippen LogP contribution is -1.97. The molecule has 0 heterocycles. The number of benzene rings is 2. The van der Waals surface area contributed by atoms with E-state index in [1.54, 1.807) is 19.2 Å². The van der Waals surface area contributed by atoms with Crippen LogP contribution in [0.1, 0.15) is 10.4 Å². The Hall–Kier alpha value is -1.81. The summed E-state index contributed by atoms with van der Waals surface area (Å²) in [5.41, 5.74) is 1.93. The number of hydrogen-bond donors (Lipinski definition) is 1. The third-order valence-corrected chi connectivity index (χ3v) is 3.13. The van der Waals surface area contributed by atoms with Crippen molar-refractivity contribution < 1.29 is 14.6 Å². The van der Waals surface area contributed by atoms with Gasteiger partial charge in [0.25, 0.3) is 0 Å². The maximum Gasteiger partial charge on any atom is 0.335 e. The van der Waals surface area contributed by atoms with Crippen LogP contribution in [0.4, 0.5) is 0 Å². The predicted molar refractivity (Wildman–Crippen MR) is 73.1 cm³/mol. The molecule has 0 spiro atoms. The van der Waals surface area contributed by atoms with Gasteiger partial charge < -0.3 is 9.84 Å². The van der Waals surface area contributed by atoms with Gasteiger partial charge >= 0.3 is 5.97 Å². The molecule has 4 heteroatoms. The number of methoxy groups -OCH3 is 1. The topological polar surface area (TPSA) is 46.5 Å². The maximum absolute atomic E-state index is 11.0. The highest BCUT2D eigenvalue weighted by molar-refractivity contribution is 9.10. The molecule has 0 saturated heterocycles. The van der Waals surface area contributed by atoms with E-state index in [1.807, 2.05) is 24.3 Å². The summed E-state index contributed by atoms with van der Waals surface area (Å²) in [5.74, 6) is -0.293. The first-order valence-corrected chi connectivity index (χ1v) is 6.08. The van der Waals surface area contributed by atoms with Gasteiger partial charge in [0, 0.05) is 10.0 Å². The molecular weight excluding hydrogens is 296 g/mol. The Bertz CT molecular complexity index is 576. The van der Waals surface area contributed by atoms with E-state index in [9.17, 15) is 4.79 Å². The third-order valence-electron chi connectivity index (χ3n) is 2.60. The number of carbonyl (C=O) groups is 1. The lowest BCUT2D eigenvalue weighted by atomic mass is 10.0. The highest BCUT2D eigenvalue weighted by Crippen LogP contribution is 2.31. The molecule has 2 rings (SSSR count). The number of ether oxygens (including phenoxy) is 1. The van der Waals surface area contributed by atoms with E-state index in [-0.39, 0.29) is 5.56 Å². The lowest BCUT2D eigenvalue weighted by Gasteiger charge is -2.09. The summed E-state index contributed by atoms with van der Waals surface area (Å²) < 4.78 is 6.23. The zero-order chi connectivity index (χ0) is 13.1. The van der Waals surface area contributed by atoms with Crippen LogP contribution in [-0.4, -0.2) is 18.2 Å². The normalized spacial score (nSPS) is 10.1. The SMILES string of the molecule is COc1ccc(C(=O)O)cc1-c1ccc(Br)cc1. The van der Waals surface area contributed by atoms with E-state index < -0.39 is 5.97 Å². The zero-order valence-electron chi connectivity index (χ0n) is 9.68. The Balaban J connectivity index is 2.56. The first kappa shape index (κ1) is 12.6. The summed E-state index contributed by atoms with van der Waals surface area (Å²) in [6.07, 6.45) is 0. The van der Waals surface area contributed by atoms with Crippen molar-refractivity contribution in [2.24, 2.45) is 0 Å². The summed E-state index contributed by atoms with van der Waals surface area (Å²) in [7, 11) is 1.57. The molecule has 0 radical (unpaired) electrons. The first-order chi connectivity index (χ1) is 8.61. The number of hydrogen-bond acceptors (Lipinski definition) is 2. The van der Waals surface area contributed by atoms with Crippen molar-refractivity contribution in [1.29, 1.82) is 0 Å². The van der Waals surface area contributed by atoms with Gasteiger partial charge in [0.2, 0.25) is 0 Å². The van der Waals surface area contributed by atoms with Crippen LogP contribution in [0.3, 0.4) is 0 Å². The van der Waals surface area contributed by atoms with Gasteiger partial charge in [0.05, 0.1) is 12.7 Å². The quantitative estimate of drug-likeness (QED) is 0.937. The van der Waals surface area contributed by atoms with Gasteiger partial charge in [0.1, 0.15) is 5.75 Å². The molecular formula is C14H11BrO3. The molecule has 2 aromatic carbocycles. The van der Waals surface area contributed by atoms with Gasteiger partial charge in [-0.1, -0.05) is 28.1 Å². The summed E-state index contributed by atoms with van der Waals surface area (Å²) in [6, 6.07) is 12.4. The minimum Gasteiger partial charge on any atom is -0.496 e. The average molecular weight is 307 g/mol. The third kappa shape index (κ3) is 2.54. The monoisotopic (exact) mass is 306 g/mol. The van der Waals surface area contributed by atoms with Crippen molar-refractivity contribution in [2.45, 2.75) is 0 Å². The molecule has 0 unspecified atom stereocenters. The molecule has 18 heavy (non-hydrogen) atoms. The van der Waals surface area contributed by atoms with Crippen molar-refractivity contribution in [2.75, 3.05) is 7.11 Å². The molecule has 0 aliphatic carbocycles. The number of halogens is 1. The average Bonchev–Trinajstić information content (AvgIpc) is 2.39. The zero-order valence-corrected chi connectivity index (χ0v) is 11.3. The first-order valence-electron chi connectivity index (χ1n) is 5.29. The Kier molecular flexibility index (Phi) is 3.67. The van der Waals surface area contributed by atoms with Crippen molar-refractivity contribution in [3.05, 3.63) is 52.5 Å². The fourth-order valence-electron chi connectivity index (χ4n) is 1.70. The highest BCUT2D eigenvalue weighted by Gasteiger charge is 2.10. The molecule has 0 aliphatic heterocycles. The Morgan fingerprint density at radius 2 is 1.83 bits per heavy atom. The fourth-order valence-corrected chi connectivity index (χ4v) is 1.96. The minimum absolute atomic E-state index is 0.244. The molecule has 3 nitrogen and oxygen atoms in total. The van der Waals surface area contributed by atoms with Crippen LogP contribution in [0, 0.1) is 0 Å². The number of carboxylic acid groups (broad SMARTS) is 1. The molecule has 0 saturated carbocycles. The molecule has 0 bridgehead atoms. The van der Waals surface area contributed by atoms with E-state index in [4.69, 9.17) is 9.84 Å². The van der Waals surface area contributed by atoms with E-state index in [0.29, 0.717) is 5.75 Å². The van der Waals surface area contributed by atoms with Gasteiger partial charge in [-0.25, -0.2) is 4.79 Å². The maximum atomic E-state index is 11.0. The summed E-state index contributed by atoms with van der Waals surface area (Å²) in [6.45, 7) is 0. The standard InChI is InChI=1S/C14H11BrO3/c1-18-13-7-4-10(14(16)17)8-12(13)9-2-5-11(15)6-3-9/h2-8H,1H3,(H,16,17). The second kappa shape index (κ2) is 5.23. The largest absolute Gasteiger partial charge is 0.496 e. The van der Waals surface area contributed by atoms with E-state index in [0.717, 1.165) is 15.6 Å². The van der Waals surface area contributed by atoms with Gasteiger partial charge in [-0.2, -0.15) is 0 Å². The van der Waals surface area contributed by atoms with Crippen LogP contribution in [0.5, 0.6) is 5.75 Å². The van der Waals surface area contributed by atoms with Gasteiger partial charge in [-0.15, -0.1) is 0 Å². The molecule has 92 valence electrons. The van der Waals surface area contributed by atoms with Crippen molar-refractivity contribution in [3.8, 4) is 16.9 Å². The van der Waals surface area contributed by atoms with Gasteiger partial charge in [-0.05, 0) is 35.9 Å². The summed E-state index contributed by atoms with van der Waals surface area (Å²) >= 11 is 3.37. The second-order valence-electron chi connectivity index (χ2n) is 3.73. The van der Waals surface area contributed by atoms with Gasteiger partial charge in [0.15, 0.2) is 0 Å². The molecule has 0 amide bonds. The van der Waals surface area contributed by atoms with Crippen LogP contribution >= 0.6 is 15.9 Å². The van der Waals surface area contributed by atoms with Crippen LogP contribution in [0.15, 0.2) is 46.9 Å². The molecule has 0 aliphatic rings. The number of carboxylic acids is 1. The second-order valence-corrected chi connectivity index (χ2v) is 4.64. The van der Waals surface area contributed by atoms with Crippen molar-refractivity contribution >= 4 is 21.9 Å². The van der Waals surface area contributed by atoms with Crippen molar-refractivity contribution in [1.82, 2.24) is 0 Å². The number of rotatable bonds is 3. The van der Waals surface area contributed by atoms with Gasteiger partial charge in [-0.3, -0.25) is 0 Å². The van der Waals surface area contributed by atoms with Crippen LogP contribution < -0.4 is 4.74 Å². The van der Waals surface area contributed by atoms with Crippen molar-refractivity contribution in [3.63, 3.8) is 0 Å².